The van der Waals surface area contributed by atoms with E-state index in [2.05, 4.69) is 34.8 Å². The summed E-state index contributed by atoms with van der Waals surface area (Å²) in [7, 11) is 2.23. The minimum absolute atomic E-state index is 0.701. The maximum absolute atomic E-state index is 3.65. The SMILES string of the molecule is CN(Cc1cccs1)CC1CCCCCN1. The predicted molar refractivity (Wildman–Crippen MR) is 70.9 cm³/mol. The lowest BCUT2D eigenvalue weighted by Gasteiger charge is -2.23. The molecule has 2 heterocycles. The highest BCUT2D eigenvalue weighted by molar-refractivity contribution is 7.09. The molecule has 0 aromatic carbocycles. The normalized spacial score (nSPS) is 22.2. The lowest BCUT2D eigenvalue weighted by Crippen LogP contribution is -2.38. The van der Waals surface area contributed by atoms with Crippen LogP contribution in [0.25, 0.3) is 0 Å². The van der Waals surface area contributed by atoms with Crippen molar-refractivity contribution in [2.75, 3.05) is 20.1 Å². The van der Waals surface area contributed by atoms with Gasteiger partial charge in [-0.15, -0.1) is 11.3 Å². The van der Waals surface area contributed by atoms with Crippen LogP contribution in [0.4, 0.5) is 0 Å². The van der Waals surface area contributed by atoms with Crippen molar-refractivity contribution < 1.29 is 0 Å². The molecule has 90 valence electrons. The fourth-order valence-electron chi connectivity index (χ4n) is 2.37. The first-order valence-corrected chi connectivity index (χ1v) is 7.17. The monoisotopic (exact) mass is 238 g/mol. The van der Waals surface area contributed by atoms with Gasteiger partial charge >= 0.3 is 0 Å². The maximum Gasteiger partial charge on any atom is 0.0325 e. The molecule has 3 heteroatoms. The topological polar surface area (TPSA) is 15.3 Å². The van der Waals surface area contributed by atoms with E-state index in [0.29, 0.717) is 6.04 Å². The van der Waals surface area contributed by atoms with Crippen molar-refractivity contribution in [2.24, 2.45) is 0 Å². The molecular formula is C13H22N2S. The number of rotatable bonds is 4. The van der Waals surface area contributed by atoms with Crippen LogP contribution in [-0.4, -0.2) is 31.1 Å². The molecule has 0 saturated carbocycles. The van der Waals surface area contributed by atoms with Crippen molar-refractivity contribution in [3.8, 4) is 0 Å². The summed E-state index contributed by atoms with van der Waals surface area (Å²) < 4.78 is 0. The Balaban J connectivity index is 1.75. The molecule has 16 heavy (non-hydrogen) atoms. The summed E-state index contributed by atoms with van der Waals surface area (Å²) in [5.41, 5.74) is 0. The van der Waals surface area contributed by atoms with Gasteiger partial charge in [0.1, 0.15) is 0 Å². The van der Waals surface area contributed by atoms with Gasteiger partial charge in [-0.25, -0.2) is 0 Å². The summed E-state index contributed by atoms with van der Waals surface area (Å²) in [5, 5.41) is 5.81. The smallest absolute Gasteiger partial charge is 0.0325 e. The fraction of sp³-hybridized carbons (Fsp3) is 0.692. The Labute approximate surface area is 103 Å². The molecule has 1 N–H and O–H groups in total. The van der Waals surface area contributed by atoms with Crippen molar-refractivity contribution in [3.05, 3.63) is 22.4 Å². The third-order valence-electron chi connectivity index (χ3n) is 3.20. The summed E-state index contributed by atoms with van der Waals surface area (Å²) in [5.74, 6) is 0. The molecule has 1 unspecified atom stereocenters. The van der Waals surface area contributed by atoms with E-state index >= 15 is 0 Å². The highest BCUT2D eigenvalue weighted by atomic mass is 32.1. The summed E-state index contributed by atoms with van der Waals surface area (Å²) >= 11 is 1.86. The molecule has 1 atom stereocenters. The van der Waals surface area contributed by atoms with E-state index in [-0.39, 0.29) is 0 Å². The van der Waals surface area contributed by atoms with Crippen LogP contribution in [0, 0.1) is 0 Å². The van der Waals surface area contributed by atoms with Crippen LogP contribution in [0.15, 0.2) is 17.5 Å². The van der Waals surface area contributed by atoms with Crippen LogP contribution in [0.1, 0.15) is 30.6 Å². The molecule has 1 aromatic rings. The summed E-state index contributed by atoms with van der Waals surface area (Å²) in [6.45, 7) is 3.48. The van der Waals surface area contributed by atoms with Gasteiger partial charge in [0.2, 0.25) is 0 Å². The first kappa shape index (κ1) is 12.1. The molecule has 1 saturated heterocycles. The van der Waals surface area contributed by atoms with Crippen molar-refractivity contribution in [2.45, 2.75) is 38.3 Å². The third kappa shape index (κ3) is 3.89. The molecule has 1 aliphatic heterocycles. The standard InChI is InChI=1S/C13H22N2S/c1-15(11-13-7-5-9-16-13)10-12-6-3-2-4-8-14-12/h5,7,9,12,14H,2-4,6,8,10-11H2,1H3. The Hall–Kier alpha value is -0.380. The van der Waals surface area contributed by atoms with Gasteiger partial charge in [0.05, 0.1) is 0 Å². The third-order valence-corrected chi connectivity index (χ3v) is 4.06. The molecule has 1 aliphatic rings. The molecule has 0 radical (unpaired) electrons. The van der Waals surface area contributed by atoms with Crippen molar-refractivity contribution in [1.82, 2.24) is 10.2 Å². The van der Waals surface area contributed by atoms with Gasteiger partial charge in [-0.3, -0.25) is 4.90 Å². The van der Waals surface area contributed by atoms with Gasteiger partial charge < -0.3 is 5.32 Å². The van der Waals surface area contributed by atoms with Crippen molar-refractivity contribution >= 4 is 11.3 Å². The van der Waals surface area contributed by atoms with E-state index in [1.807, 2.05) is 11.3 Å². The van der Waals surface area contributed by atoms with Gasteiger partial charge in [0.15, 0.2) is 0 Å². The highest BCUT2D eigenvalue weighted by Crippen LogP contribution is 2.13. The number of likely N-dealkylation sites (N-methyl/N-ethyl adjacent to an activating group) is 1. The van der Waals surface area contributed by atoms with Crippen LogP contribution in [0.3, 0.4) is 0 Å². The largest absolute Gasteiger partial charge is 0.313 e. The Morgan fingerprint density at radius 3 is 3.19 bits per heavy atom. The molecule has 2 nitrogen and oxygen atoms in total. The number of hydrogen-bond acceptors (Lipinski definition) is 3. The van der Waals surface area contributed by atoms with E-state index in [0.717, 1.165) is 6.54 Å². The van der Waals surface area contributed by atoms with E-state index in [1.165, 1.54) is 43.6 Å². The van der Waals surface area contributed by atoms with Crippen molar-refractivity contribution in [3.63, 3.8) is 0 Å². The zero-order chi connectivity index (χ0) is 11.2. The minimum Gasteiger partial charge on any atom is -0.313 e. The molecule has 0 amide bonds. The average molecular weight is 238 g/mol. The van der Waals surface area contributed by atoms with Gasteiger partial charge in [-0.2, -0.15) is 0 Å². The van der Waals surface area contributed by atoms with E-state index in [1.54, 1.807) is 0 Å². The first-order valence-electron chi connectivity index (χ1n) is 6.29. The molecule has 1 fully saturated rings. The minimum atomic E-state index is 0.701. The van der Waals surface area contributed by atoms with Gasteiger partial charge in [0, 0.05) is 24.0 Å². The van der Waals surface area contributed by atoms with Crippen LogP contribution < -0.4 is 5.32 Å². The zero-order valence-corrected chi connectivity index (χ0v) is 10.9. The maximum atomic E-state index is 3.65. The van der Waals surface area contributed by atoms with Crippen LogP contribution in [-0.2, 0) is 6.54 Å². The molecule has 0 spiro atoms. The van der Waals surface area contributed by atoms with Gasteiger partial charge in [-0.05, 0) is 37.9 Å². The molecule has 1 aromatic heterocycles. The molecule has 0 bridgehead atoms. The molecular weight excluding hydrogens is 216 g/mol. The Kier molecular flexibility index (Phi) is 4.82. The average Bonchev–Trinajstić information content (AvgIpc) is 2.62. The number of hydrogen-bond donors (Lipinski definition) is 1. The number of nitrogens with zero attached hydrogens (tertiary/aromatic N) is 1. The van der Waals surface area contributed by atoms with Crippen LogP contribution in [0.5, 0.6) is 0 Å². The summed E-state index contributed by atoms with van der Waals surface area (Å²) in [6.07, 6.45) is 5.49. The number of thiophene rings is 1. The molecule has 2 rings (SSSR count). The fourth-order valence-corrected chi connectivity index (χ4v) is 3.15. The number of nitrogens with one attached hydrogen (secondary N) is 1. The van der Waals surface area contributed by atoms with E-state index < -0.39 is 0 Å². The zero-order valence-electron chi connectivity index (χ0n) is 10.1. The van der Waals surface area contributed by atoms with E-state index in [4.69, 9.17) is 0 Å². The lowest BCUT2D eigenvalue weighted by atomic mass is 10.1. The quantitative estimate of drug-likeness (QED) is 0.867. The Morgan fingerprint density at radius 1 is 1.44 bits per heavy atom. The van der Waals surface area contributed by atoms with Crippen molar-refractivity contribution in [1.29, 1.82) is 0 Å². The predicted octanol–water partition coefficient (Wildman–Crippen LogP) is 2.71. The second kappa shape index (κ2) is 6.38. The molecule has 0 aliphatic carbocycles. The second-order valence-electron chi connectivity index (χ2n) is 4.78. The second-order valence-corrected chi connectivity index (χ2v) is 5.81. The van der Waals surface area contributed by atoms with Gasteiger partial charge in [-0.1, -0.05) is 18.9 Å². The van der Waals surface area contributed by atoms with Crippen LogP contribution >= 0.6 is 11.3 Å². The Bertz CT molecular complexity index is 276. The first-order chi connectivity index (χ1) is 7.84. The lowest BCUT2D eigenvalue weighted by molar-refractivity contribution is 0.280. The van der Waals surface area contributed by atoms with E-state index in [9.17, 15) is 0 Å². The van der Waals surface area contributed by atoms with Gasteiger partial charge in [0.25, 0.3) is 0 Å². The summed E-state index contributed by atoms with van der Waals surface area (Å²) in [6, 6.07) is 5.06. The highest BCUT2D eigenvalue weighted by Gasteiger charge is 2.13. The summed E-state index contributed by atoms with van der Waals surface area (Å²) in [4.78, 5) is 3.91. The Morgan fingerprint density at radius 2 is 2.38 bits per heavy atom. The van der Waals surface area contributed by atoms with Crippen LogP contribution in [0.2, 0.25) is 0 Å².